The Labute approximate surface area is 192 Å². The molecule has 1 nitrogen and oxygen atoms in total. The summed E-state index contributed by atoms with van der Waals surface area (Å²) in [5, 5.41) is 10.6. The Balaban J connectivity index is 3.25. The van der Waals surface area contributed by atoms with Gasteiger partial charge in [0.2, 0.25) is 0 Å². The summed E-state index contributed by atoms with van der Waals surface area (Å²) in [6, 6.07) is 0. The van der Waals surface area contributed by atoms with Crippen molar-refractivity contribution in [3.05, 3.63) is 0 Å². The number of unbranched alkanes of at least 4 members (excludes halogenated alkanes) is 21. The number of hydrogen-bond donors (Lipinski definition) is 1. The summed E-state index contributed by atoms with van der Waals surface area (Å²) >= 11 is 0. The van der Waals surface area contributed by atoms with E-state index >= 15 is 0 Å². The van der Waals surface area contributed by atoms with E-state index in [1.807, 2.05) is 0 Å². The van der Waals surface area contributed by atoms with Crippen LogP contribution < -0.4 is 0 Å². The Hall–Kier alpha value is -0.0400. The van der Waals surface area contributed by atoms with Crippen LogP contribution in [0, 0.1) is 0 Å². The van der Waals surface area contributed by atoms with Crippen molar-refractivity contribution in [1.82, 2.24) is 0 Å². The summed E-state index contributed by atoms with van der Waals surface area (Å²) in [5.41, 5.74) is -0.417. The summed E-state index contributed by atoms with van der Waals surface area (Å²) in [4.78, 5) is 0. The monoisotopic (exact) mass is 424 g/mol. The largest absolute Gasteiger partial charge is 0.390 e. The van der Waals surface area contributed by atoms with Gasteiger partial charge in [0.1, 0.15) is 0 Å². The van der Waals surface area contributed by atoms with E-state index in [2.05, 4.69) is 20.8 Å². The van der Waals surface area contributed by atoms with Crippen LogP contribution >= 0.6 is 0 Å². The van der Waals surface area contributed by atoms with Crippen LogP contribution in [0.15, 0.2) is 0 Å². The lowest BCUT2D eigenvalue weighted by Crippen LogP contribution is -2.23. The maximum Gasteiger partial charge on any atom is 0.0619 e. The SMILES string of the molecule is CCCCCCCCCCCCCCCCCCC(C)(O)CCCCCCCCC. The maximum atomic E-state index is 10.6. The first-order valence-corrected chi connectivity index (χ1v) is 14.3. The Morgan fingerprint density at radius 3 is 0.800 bits per heavy atom. The van der Waals surface area contributed by atoms with E-state index in [0.717, 1.165) is 12.8 Å². The van der Waals surface area contributed by atoms with Gasteiger partial charge in [0.25, 0.3) is 0 Å². The fourth-order valence-electron chi connectivity index (χ4n) is 4.64. The van der Waals surface area contributed by atoms with E-state index in [-0.39, 0.29) is 0 Å². The predicted molar refractivity (Wildman–Crippen MR) is 137 cm³/mol. The minimum Gasteiger partial charge on any atom is -0.390 e. The van der Waals surface area contributed by atoms with Crippen LogP contribution in [0.25, 0.3) is 0 Å². The van der Waals surface area contributed by atoms with Gasteiger partial charge in [0.15, 0.2) is 0 Å². The molecule has 0 aromatic heterocycles. The van der Waals surface area contributed by atoms with E-state index < -0.39 is 5.60 Å². The first kappa shape index (κ1) is 30.0. The quantitative estimate of drug-likeness (QED) is 0.144. The third kappa shape index (κ3) is 24.2. The van der Waals surface area contributed by atoms with Crippen molar-refractivity contribution in [2.75, 3.05) is 0 Å². The lowest BCUT2D eigenvalue weighted by Gasteiger charge is -2.23. The number of aliphatic hydroxyl groups is 1. The fourth-order valence-corrected chi connectivity index (χ4v) is 4.64. The van der Waals surface area contributed by atoms with Gasteiger partial charge in [-0.15, -0.1) is 0 Å². The second kappa shape index (κ2) is 23.6. The van der Waals surface area contributed by atoms with Crippen molar-refractivity contribution in [3.63, 3.8) is 0 Å². The molecule has 0 aliphatic carbocycles. The van der Waals surface area contributed by atoms with Gasteiger partial charge >= 0.3 is 0 Å². The molecule has 0 aliphatic rings. The summed E-state index contributed by atoms with van der Waals surface area (Å²) in [7, 11) is 0. The molecule has 0 rings (SSSR count). The van der Waals surface area contributed by atoms with Gasteiger partial charge in [-0.1, -0.05) is 162 Å². The second-order valence-electron chi connectivity index (χ2n) is 10.4. The van der Waals surface area contributed by atoms with Crippen molar-refractivity contribution in [3.8, 4) is 0 Å². The van der Waals surface area contributed by atoms with Crippen LogP contribution in [0.5, 0.6) is 0 Å². The van der Waals surface area contributed by atoms with Crippen LogP contribution in [-0.2, 0) is 0 Å². The molecule has 1 N–H and O–H groups in total. The summed E-state index contributed by atoms with van der Waals surface area (Å²) in [5.74, 6) is 0. The van der Waals surface area contributed by atoms with Crippen molar-refractivity contribution in [1.29, 1.82) is 0 Å². The van der Waals surface area contributed by atoms with Crippen LogP contribution in [0.2, 0.25) is 0 Å². The fraction of sp³-hybridized carbons (Fsp3) is 1.00. The Bertz CT molecular complexity index is 309. The molecular weight excluding hydrogens is 364 g/mol. The van der Waals surface area contributed by atoms with Crippen molar-refractivity contribution < 1.29 is 5.11 Å². The molecule has 0 fully saturated rings. The smallest absolute Gasteiger partial charge is 0.0619 e. The van der Waals surface area contributed by atoms with E-state index in [0.29, 0.717) is 0 Å². The average molecular weight is 425 g/mol. The topological polar surface area (TPSA) is 20.2 Å². The third-order valence-electron chi connectivity index (χ3n) is 6.89. The highest BCUT2D eigenvalue weighted by Gasteiger charge is 2.18. The lowest BCUT2D eigenvalue weighted by atomic mass is 9.91. The number of hydrogen-bond acceptors (Lipinski definition) is 1. The lowest BCUT2D eigenvalue weighted by molar-refractivity contribution is 0.0366. The van der Waals surface area contributed by atoms with Gasteiger partial charge in [0.05, 0.1) is 5.60 Å². The van der Waals surface area contributed by atoms with Crippen LogP contribution in [0.1, 0.15) is 181 Å². The molecule has 0 radical (unpaired) electrons. The van der Waals surface area contributed by atoms with E-state index in [1.165, 1.54) is 148 Å². The zero-order valence-corrected chi connectivity index (χ0v) is 21.6. The minimum absolute atomic E-state index is 0.417. The molecular formula is C29H60O. The molecule has 0 heterocycles. The average Bonchev–Trinajstić information content (AvgIpc) is 2.72. The molecule has 30 heavy (non-hydrogen) atoms. The van der Waals surface area contributed by atoms with Gasteiger partial charge in [0, 0.05) is 0 Å². The van der Waals surface area contributed by atoms with Gasteiger partial charge in [-0.25, -0.2) is 0 Å². The van der Waals surface area contributed by atoms with Gasteiger partial charge in [-0.05, 0) is 19.8 Å². The van der Waals surface area contributed by atoms with Crippen molar-refractivity contribution in [2.24, 2.45) is 0 Å². The van der Waals surface area contributed by atoms with Crippen LogP contribution in [-0.4, -0.2) is 10.7 Å². The molecule has 0 spiro atoms. The Morgan fingerprint density at radius 1 is 0.367 bits per heavy atom. The van der Waals surface area contributed by atoms with E-state index in [4.69, 9.17) is 0 Å². The summed E-state index contributed by atoms with van der Waals surface area (Å²) in [6.45, 7) is 6.63. The van der Waals surface area contributed by atoms with Gasteiger partial charge in [-0.2, -0.15) is 0 Å². The minimum atomic E-state index is -0.417. The van der Waals surface area contributed by atoms with E-state index in [9.17, 15) is 5.11 Å². The first-order chi connectivity index (χ1) is 14.6. The van der Waals surface area contributed by atoms with Crippen LogP contribution in [0.3, 0.4) is 0 Å². The molecule has 1 heteroatoms. The Kier molecular flexibility index (Phi) is 23.6. The Morgan fingerprint density at radius 2 is 0.567 bits per heavy atom. The molecule has 0 saturated carbocycles. The molecule has 0 saturated heterocycles. The standard InChI is InChI=1S/C29H60O/c1-4-6-8-10-12-13-14-15-16-17-18-19-20-22-24-26-28-29(3,30)27-25-23-21-11-9-7-5-2/h30H,4-28H2,1-3H3. The molecule has 1 atom stereocenters. The summed E-state index contributed by atoms with van der Waals surface area (Å²) < 4.78 is 0. The molecule has 1 unspecified atom stereocenters. The molecule has 0 amide bonds. The second-order valence-corrected chi connectivity index (χ2v) is 10.4. The number of rotatable bonds is 25. The molecule has 182 valence electrons. The van der Waals surface area contributed by atoms with Crippen molar-refractivity contribution >= 4 is 0 Å². The van der Waals surface area contributed by atoms with Gasteiger partial charge < -0.3 is 5.11 Å². The maximum absolute atomic E-state index is 10.6. The predicted octanol–water partition coefficient (Wildman–Crippen LogP) is 10.5. The zero-order chi connectivity index (χ0) is 22.2. The highest BCUT2D eigenvalue weighted by molar-refractivity contribution is 4.72. The summed E-state index contributed by atoms with van der Waals surface area (Å²) in [6.07, 6.45) is 34.0. The van der Waals surface area contributed by atoms with Crippen LogP contribution in [0.4, 0.5) is 0 Å². The highest BCUT2D eigenvalue weighted by Crippen LogP contribution is 2.23. The molecule has 0 aromatic rings. The normalized spacial score (nSPS) is 13.6. The highest BCUT2D eigenvalue weighted by atomic mass is 16.3. The van der Waals surface area contributed by atoms with E-state index in [1.54, 1.807) is 0 Å². The zero-order valence-electron chi connectivity index (χ0n) is 21.6. The molecule has 0 aromatic carbocycles. The third-order valence-corrected chi connectivity index (χ3v) is 6.89. The first-order valence-electron chi connectivity index (χ1n) is 14.3. The molecule has 0 aliphatic heterocycles. The van der Waals surface area contributed by atoms with Gasteiger partial charge in [-0.3, -0.25) is 0 Å². The van der Waals surface area contributed by atoms with Crippen molar-refractivity contribution in [2.45, 2.75) is 187 Å². The molecule has 0 bridgehead atoms.